The topological polar surface area (TPSA) is 38.3 Å². The van der Waals surface area contributed by atoms with Gasteiger partial charge in [0, 0.05) is 6.61 Å². The van der Waals surface area contributed by atoms with Crippen LogP contribution in [0.1, 0.15) is 48.9 Å². The lowest BCUT2D eigenvalue weighted by molar-refractivity contribution is -0.123. The van der Waals surface area contributed by atoms with Gasteiger partial charge in [-0.15, -0.1) is 0 Å². The molecule has 0 saturated carbocycles. The summed E-state index contributed by atoms with van der Waals surface area (Å²) in [5.41, 5.74) is 3.64. The van der Waals surface area contributed by atoms with E-state index in [0.717, 1.165) is 19.4 Å². The van der Waals surface area contributed by atoms with Crippen LogP contribution in [-0.4, -0.2) is 18.6 Å². The maximum atomic E-state index is 12.0. The van der Waals surface area contributed by atoms with E-state index in [9.17, 15) is 4.79 Å². The molecule has 0 spiro atoms. The molecule has 1 amide bonds. The fourth-order valence-electron chi connectivity index (χ4n) is 2.62. The Hall–Kier alpha value is -1.35. The summed E-state index contributed by atoms with van der Waals surface area (Å²) in [6.45, 7) is 6.99. The van der Waals surface area contributed by atoms with Crippen LogP contribution >= 0.6 is 0 Å². The normalized spacial score (nSPS) is 20.3. The van der Waals surface area contributed by atoms with Crippen molar-refractivity contribution in [2.75, 3.05) is 6.61 Å². The van der Waals surface area contributed by atoms with Crippen molar-refractivity contribution in [2.45, 2.75) is 52.2 Å². The van der Waals surface area contributed by atoms with Crippen molar-refractivity contribution in [1.29, 1.82) is 0 Å². The van der Waals surface area contributed by atoms with E-state index >= 15 is 0 Å². The molecule has 1 saturated heterocycles. The number of benzene rings is 1. The highest BCUT2D eigenvalue weighted by atomic mass is 16.5. The average molecular weight is 261 g/mol. The van der Waals surface area contributed by atoms with Crippen LogP contribution in [0.15, 0.2) is 18.2 Å². The number of carbonyl (C=O) groups is 1. The highest BCUT2D eigenvalue weighted by Gasteiger charge is 2.20. The molecule has 1 N–H and O–H groups in total. The number of aryl methyl sites for hydroxylation is 2. The van der Waals surface area contributed by atoms with E-state index in [2.05, 4.69) is 37.4 Å². The first-order chi connectivity index (χ1) is 9.06. The Morgan fingerprint density at radius 1 is 1.47 bits per heavy atom. The monoisotopic (exact) mass is 261 g/mol. The molecule has 1 aromatic carbocycles. The summed E-state index contributed by atoms with van der Waals surface area (Å²) in [4.78, 5) is 12.0. The molecule has 0 unspecified atom stereocenters. The number of hydrogen-bond donors (Lipinski definition) is 1. The first-order valence-corrected chi connectivity index (χ1v) is 7.04. The Balaban J connectivity index is 1.94. The molecule has 2 atom stereocenters. The minimum Gasteiger partial charge on any atom is -0.378 e. The summed E-state index contributed by atoms with van der Waals surface area (Å²) < 4.78 is 5.49. The van der Waals surface area contributed by atoms with Crippen LogP contribution in [0.3, 0.4) is 0 Å². The summed E-state index contributed by atoms with van der Waals surface area (Å²) in [6, 6.07) is 6.40. The second kappa shape index (κ2) is 6.20. The molecule has 0 bridgehead atoms. The van der Waals surface area contributed by atoms with Crippen LogP contribution in [0, 0.1) is 13.8 Å². The standard InChI is InChI=1S/C16H23NO2/c1-11-6-7-12(2)15(9-11)13(3)17-16(18)10-14-5-4-8-19-14/h6-7,9,13-14H,4-5,8,10H2,1-3H3,(H,17,18)/t13-,14+/m1/s1. The first-order valence-electron chi connectivity index (χ1n) is 7.04. The van der Waals surface area contributed by atoms with E-state index in [1.54, 1.807) is 0 Å². The predicted molar refractivity (Wildman–Crippen MR) is 76.1 cm³/mol. The lowest BCUT2D eigenvalue weighted by Gasteiger charge is -2.18. The van der Waals surface area contributed by atoms with Gasteiger partial charge in [0.15, 0.2) is 0 Å². The summed E-state index contributed by atoms with van der Waals surface area (Å²) in [5, 5.41) is 3.07. The lowest BCUT2D eigenvalue weighted by atomic mass is 10.00. The number of amides is 1. The average Bonchev–Trinajstić information content (AvgIpc) is 2.84. The zero-order valence-electron chi connectivity index (χ0n) is 12.0. The van der Waals surface area contributed by atoms with Gasteiger partial charge in [0.2, 0.25) is 5.91 Å². The van der Waals surface area contributed by atoms with Gasteiger partial charge in [-0.05, 0) is 44.7 Å². The molecule has 2 rings (SSSR count). The van der Waals surface area contributed by atoms with Gasteiger partial charge in [0.05, 0.1) is 18.6 Å². The van der Waals surface area contributed by atoms with E-state index < -0.39 is 0 Å². The van der Waals surface area contributed by atoms with Crippen LogP contribution < -0.4 is 5.32 Å². The fourth-order valence-corrected chi connectivity index (χ4v) is 2.62. The molecule has 3 heteroatoms. The van der Waals surface area contributed by atoms with E-state index in [1.165, 1.54) is 16.7 Å². The van der Waals surface area contributed by atoms with Crippen molar-refractivity contribution in [3.05, 3.63) is 34.9 Å². The summed E-state index contributed by atoms with van der Waals surface area (Å²) in [5.74, 6) is 0.0836. The van der Waals surface area contributed by atoms with Crippen LogP contribution in [0.4, 0.5) is 0 Å². The Morgan fingerprint density at radius 3 is 2.95 bits per heavy atom. The molecule has 1 aliphatic rings. The summed E-state index contributed by atoms with van der Waals surface area (Å²) in [7, 11) is 0. The smallest absolute Gasteiger partial charge is 0.223 e. The SMILES string of the molecule is Cc1ccc(C)c([C@@H](C)NC(=O)C[C@@H]2CCCO2)c1. The molecule has 3 nitrogen and oxygen atoms in total. The second-order valence-corrected chi connectivity index (χ2v) is 5.49. The predicted octanol–water partition coefficient (Wildman–Crippen LogP) is 3.05. The maximum Gasteiger partial charge on any atom is 0.223 e. The number of hydrogen-bond acceptors (Lipinski definition) is 2. The number of ether oxygens (including phenoxy) is 1. The molecule has 0 aromatic heterocycles. The second-order valence-electron chi connectivity index (χ2n) is 5.49. The zero-order valence-corrected chi connectivity index (χ0v) is 12.0. The number of rotatable bonds is 4. The Kier molecular flexibility index (Phi) is 4.59. The summed E-state index contributed by atoms with van der Waals surface area (Å²) in [6.07, 6.45) is 2.68. The highest BCUT2D eigenvalue weighted by Crippen LogP contribution is 2.20. The van der Waals surface area contributed by atoms with E-state index in [-0.39, 0.29) is 18.1 Å². The number of carbonyl (C=O) groups excluding carboxylic acids is 1. The molecule has 0 radical (unpaired) electrons. The van der Waals surface area contributed by atoms with Crippen molar-refractivity contribution in [3.63, 3.8) is 0 Å². The van der Waals surface area contributed by atoms with Crippen molar-refractivity contribution in [2.24, 2.45) is 0 Å². The largest absolute Gasteiger partial charge is 0.378 e. The van der Waals surface area contributed by atoms with Crippen LogP contribution in [0.25, 0.3) is 0 Å². The van der Waals surface area contributed by atoms with E-state index in [0.29, 0.717) is 6.42 Å². The van der Waals surface area contributed by atoms with Gasteiger partial charge in [0.1, 0.15) is 0 Å². The molecule has 0 aliphatic carbocycles. The van der Waals surface area contributed by atoms with Gasteiger partial charge in [0.25, 0.3) is 0 Å². The highest BCUT2D eigenvalue weighted by molar-refractivity contribution is 5.77. The van der Waals surface area contributed by atoms with Gasteiger partial charge < -0.3 is 10.1 Å². The Morgan fingerprint density at radius 2 is 2.26 bits per heavy atom. The van der Waals surface area contributed by atoms with Gasteiger partial charge in [-0.3, -0.25) is 4.79 Å². The van der Waals surface area contributed by atoms with Crippen LogP contribution in [0.2, 0.25) is 0 Å². The molecule has 104 valence electrons. The molecular formula is C16H23NO2. The number of nitrogens with one attached hydrogen (secondary N) is 1. The molecule has 1 aromatic rings. The quantitative estimate of drug-likeness (QED) is 0.904. The van der Waals surface area contributed by atoms with E-state index in [4.69, 9.17) is 4.74 Å². The van der Waals surface area contributed by atoms with E-state index in [1.807, 2.05) is 6.92 Å². The summed E-state index contributed by atoms with van der Waals surface area (Å²) >= 11 is 0. The first kappa shape index (κ1) is 14.1. The van der Waals surface area contributed by atoms with Crippen molar-refractivity contribution < 1.29 is 9.53 Å². The van der Waals surface area contributed by atoms with Crippen molar-refractivity contribution >= 4 is 5.91 Å². The van der Waals surface area contributed by atoms with Crippen LogP contribution in [-0.2, 0) is 9.53 Å². The van der Waals surface area contributed by atoms with Gasteiger partial charge in [-0.25, -0.2) is 0 Å². The third-order valence-electron chi connectivity index (χ3n) is 3.72. The molecule has 19 heavy (non-hydrogen) atoms. The van der Waals surface area contributed by atoms with Gasteiger partial charge >= 0.3 is 0 Å². The minimum absolute atomic E-state index is 0.0498. The molecule has 1 aliphatic heterocycles. The molecule has 1 heterocycles. The molecule has 1 fully saturated rings. The lowest BCUT2D eigenvalue weighted by Crippen LogP contribution is -2.30. The minimum atomic E-state index is 0.0498. The van der Waals surface area contributed by atoms with Crippen molar-refractivity contribution in [3.8, 4) is 0 Å². The van der Waals surface area contributed by atoms with Crippen molar-refractivity contribution in [1.82, 2.24) is 5.32 Å². The Labute approximate surface area is 115 Å². The zero-order chi connectivity index (χ0) is 13.8. The van der Waals surface area contributed by atoms with Gasteiger partial charge in [-0.2, -0.15) is 0 Å². The van der Waals surface area contributed by atoms with Gasteiger partial charge in [-0.1, -0.05) is 23.8 Å². The Bertz CT molecular complexity index is 450. The third-order valence-corrected chi connectivity index (χ3v) is 3.72. The molecular weight excluding hydrogens is 238 g/mol. The van der Waals surface area contributed by atoms with Crippen LogP contribution in [0.5, 0.6) is 0 Å². The third kappa shape index (κ3) is 3.80. The fraction of sp³-hybridized carbons (Fsp3) is 0.562. The maximum absolute atomic E-state index is 12.0.